The third-order valence-corrected chi connectivity index (χ3v) is 4.56. The Balaban J connectivity index is 2.57. The van der Waals surface area contributed by atoms with Crippen LogP contribution >= 0.6 is 0 Å². The Labute approximate surface area is 118 Å². The molecule has 0 radical (unpaired) electrons. The summed E-state index contributed by atoms with van der Waals surface area (Å²) in [6, 6.07) is 1.24. The number of piperidine rings is 1. The fourth-order valence-electron chi connectivity index (χ4n) is 2.97. The van der Waals surface area contributed by atoms with Gasteiger partial charge >= 0.3 is 0 Å². The van der Waals surface area contributed by atoms with E-state index in [0.29, 0.717) is 12.1 Å². The van der Waals surface area contributed by atoms with Crippen molar-refractivity contribution in [3.63, 3.8) is 0 Å². The fraction of sp³-hybridized carbons (Fsp3) is 0.933. The number of amides is 1. The molecule has 4 nitrogen and oxygen atoms in total. The third kappa shape index (κ3) is 4.46. The van der Waals surface area contributed by atoms with Gasteiger partial charge in [-0.05, 0) is 53.0 Å². The maximum absolute atomic E-state index is 11.7. The maximum atomic E-state index is 11.7. The minimum absolute atomic E-state index is 0.238. The molecule has 4 heteroatoms. The van der Waals surface area contributed by atoms with Crippen LogP contribution in [0.15, 0.2) is 0 Å². The highest BCUT2D eigenvalue weighted by molar-refractivity contribution is 5.84. The monoisotopic (exact) mass is 269 g/mol. The summed E-state index contributed by atoms with van der Waals surface area (Å²) in [5.74, 6) is -0.238. The molecular weight excluding hydrogens is 238 g/mol. The van der Waals surface area contributed by atoms with Gasteiger partial charge in [0.2, 0.25) is 5.91 Å². The van der Waals surface area contributed by atoms with Crippen molar-refractivity contribution in [2.24, 2.45) is 5.73 Å². The molecular formula is C15H31N3O. The molecule has 19 heavy (non-hydrogen) atoms. The maximum Gasteiger partial charge on any atom is 0.237 e. The lowest BCUT2D eigenvalue weighted by molar-refractivity contribution is -0.124. The lowest BCUT2D eigenvalue weighted by Gasteiger charge is -2.41. The molecule has 1 aliphatic rings. The van der Waals surface area contributed by atoms with Crippen LogP contribution in [0.5, 0.6) is 0 Å². The van der Waals surface area contributed by atoms with Crippen molar-refractivity contribution < 1.29 is 4.79 Å². The first-order chi connectivity index (χ1) is 8.90. The van der Waals surface area contributed by atoms with E-state index in [2.05, 4.69) is 31.0 Å². The summed E-state index contributed by atoms with van der Waals surface area (Å²) in [7, 11) is 0. The van der Waals surface area contributed by atoms with Crippen molar-refractivity contribution in [3.8, 4) is 0 Å². The number of nitrogens with zero attached hydrogens (tertiary/aromatic N) is 1. The van der Waals surface area contributed by atoms with Crippen molar-refractivity contribution in [3.05, 3.63) is 0 Å². The highest BCUT2D eigenvalue weighted by atomic mass is 16.1. The van der Waals surface area contributed by atoms with Gasteiger partial charge in [0.05, 0.1) is 5.54 Å². The summed E-state index contributed by atoms with van der Waals surface area (Å²) in [6.07, 6.45) is 5.65. The Hall–Kier alpha value is -0.610. The zero-order valence-electron chi connectivity index (χ0n) is 13.0. The van der Waals surface area contributed by atoms with E-state index in [-0.39, 0.29) is 5.91 Å². The van der Waals surface area contributed by atoms with Gasteiger partial charge in [0.1, 0.15) is 0 Å². The average Bonchev–Trinajstić information content (AvgIpc) is 2.35. The van der Waals surface area contributed by atoms with Gasteiger partial charge in [-0.1, -0.05) is 13.3 Å². The van der Waals surface area contributed by atoms with E-state index in [1.54, 1.807) is 0 Å². The molecule has 3 atom stereocenters. The van der Waals surface area contributed by atoms with Crippen molar-refractivity contribution >= 4 is 5.91 Å². The molecule has 112 valence electrons. The fourth-order valence-corrected chi connectivity index (χ4v) is 2.97. The lowest BCUT2D eigenvalue weighted by atomic mass is 9.92. The Bertz CT molecular complexity index is 285. The van der Waals surface area contributed by atoms with Crippen molar-refractivity contribution in [1.82, 2.24) is 10.2 Å². The minimum atomic E-state index is -0.576. The molecule has 0 spiro atoms. The van der Waals surface area contributed by atoms with Crippen molar-refractivity contribution in [2.45, 2.75) is 77.4 Å². The number of likely N-dealkylation sites (tertiary alicyclic amines) is 1. The first-order valence-corrected chi connectivity index (χ1v) is 7.71. The molecule has 0 aliphatic carbocycles. The molecule has 0 aromatic rings. The molecule has 1 rings (SSSR count). The number of hydrogen-bond donors (Lipinski definition) is 2. The van der Waals surface area contributed by atoms with E-state index in [1.165, 1.54) is 19.3 Å². The Kier molecular flexibility index (Phi) is 6.27. The Morgan fingerprint density at radius 3 is 2.42 bits per heavy atom. The van der Waals surface area contributed by atoms with Crippen LogP contribution in [-0.2, 0) is 4.79 Å². The van der Waals surface area contributed by atoms with Crippen LogP contribution < -0.4 is 11.1 Å². The second-order valence-corrected chi connectivity index (χ2v) is 6.24. The molecule has 0 aromatic heterocycles. The van der Waals surface area contributed by atoms with Crippen LogP contribution in [0.2, 0.25) is 0 Å². The number of nitrogens with one attached hydrogen (secondary N) is 1. The van der Waals surface area contributed by atoms with Crippen LogP contribution in [0, 0.1) is 0 Å². The summed E-state index contributed by atoms with van der Waals surface area (Å²) >= 11 is 0. The molecule has 1 amide bonds. The molecule has 3 N–H and O–H groups in total. The SMILES string of the molecule is CCCNC(C)(CCN1C(C)CCCC1C)C(N)=O. The summed E-state index contributed by atoms with van der Waals surface area (Å²) < 4.78 is 0. The summed E-state index contributed by atoms with van der Waals surface area (Å²) in [5.41, 5.74) is 5.00. The predicted octanol–water partition coefficient (Wildman–Crippen LogP) is 1.88. The van der Waals surface area contributed by atoms with Crippen molar-refractivity contribution in [2.75, 3.05) is 13.1 Å². The topological polar surface area (TPSA) is 58.4 Å². The van der Waals surface area contributed by atoms with E-state index in [4.69, 9.17) is 5.73 Å². The Morgan fingerprint density at radius 2 is 1.95 bits per heavy atom. The smallest absolute Gasteiger partial charge is 0.237 e. The average molecular weight is 269 g/mol. The van der Waals surface area contributed by atoms with E-state index < -0.39 is 5.54 Å². The minimum Gasteiger partial charge on any atom is -0.368 e. The number of rotatable bonds is 7. The molecule has 1 aliphatic heterocycles. The van der Waals surface area contributed by atoms with Gasteiger partial charge in [-0.3, -0.25) is 9.69 Å². The third-order valence-electron chi connectivity index (χ3n) is 4.56. The Morgan fingerprint density at radius 1 is 1.37 bits per heavy atom. The first-order valence-electron chi connectivity index (χ1n) is 7.71. The number of carbonyl (C=O) groups is 1. The van der Waals surface area contributed by atoms with Gasteiger partial charge < -0.3 is 11.1 Å². The highest BCUT2D eigenvalue weighted by Gasteiger charge is 2.32. The molecule has 0 bridgehead atoms. The second-order valence-electron chi connectivity index (χ2n) is 6.24. The van der Waals surface area contributed by atoms with E-state index in [1.807, 2.05) is 6.92 Å². The second kappa shape index (κ2) is 7.25. The lowest BCUT2D eigenvalue weighted by Crippen LogP contribution is -2.56. The molecule has 0 saturated carbocycles. The molecule has 1 saturated heterocycles. The number of nitrogens with two attached hydrogens (primary N) is 1. The van der Waals surface area contributed by atoms with E-state index in [9.17, 15) is 4.79 Å². The van der Waals surface area contributed by atoms with Crippen LogP contribution in [0.4, 0.5) is 0 Å². The largest absolute Gasteiger partial charge is 0.368 e. The van der Waals surface area contributed by atoms with Gasteiger partial charge in [-0.25, -0.2) is 0 Å². The van der Waals surface area contributed by atoms with Gasteiger partial charge in [0.25, 0.3) is 0 Å². The zero-order chi connectivity index (χ0) is 14.5. The molecule has 3 unspecified atom stereocenters. The van der Waals surface area contributed by atoms with Gasteiger partial charge in [-0.2, -0.15) is 0 Å². The summed E-state index contributed by atoms with van der Waals surface area (Å²) in [5, 5.41) is 3.31. The predicted molar refractivity (Wildman–Crippen MR) is 80.0 cm³/mol. The molecule has 1 heterocycles. The van der Waals surface area contributed by atoms with Gasteiger partial charge in [-0.15, -0.1) is 0 Å². The van der Waals surface area contributed by atoms with Gasteiger partial charge in [0.15, 0.2) is 0 Å². The van der Waals surface area contributed by atoms with E-state index >= 15 is 0 Å². The number of carbonyl (C=O) groups excluding carboxylic acids is 1. The van der Waals surface area contributed by atoms with Crippen molar-refractivity contribution in [1.29, 1.82) is 0 Å². The van der Waals surface area contributed by atoms with E-state index in [0.717, 1.165) is 25.9 Å². The normalized spacial score (nSPS) is 28.0. The zero-order valence-corrected chi connectivity index (χ0v) is 13.0. The van der Waals surface area contributed by atoms with Crippen LogP contribution in [0.3, 0.4) is 0 Å². The number of primary amides is 1. The molecule has 1 fully saturated rings. The van der Waals surface area contributed by atoms with Crippen LogP contribution in [0.1, 0.15) is 59.8 Å². The standard InChI is InChI=1S/C15H31N3O/c1-5-10-17-15(4,14(16)19)9-11-18-12(2)7-6-8-13(18)3/h12-13,17H,5-11H2,1-4H3,(H2,16,19). The van der Waals surface area contributed by atoms with Gasteiger partial charge in [0, 0.05) is 18.6 Å². The highest BCUT2D eigenvalue weighted by Crippen LogP contribution is 2.24. The van der Waals surface area contributed by atoms with Crippen LogP contribution in [0.25, 0.3) is 0 Å². The summed E-state index contributed by atoms with van der Waals surface area (Å²) in [6.45, 7) is 10.4. The summed E-state index contributed by atoms with van der Waals surface area (Å²) in [4.78, 5) is 14.2. The quantitative estimate of drug-likeness (QED) is 0.742. The first kappa shape index (κ1) is 16.4. The number of hydrogen-bond acceptors (Lipinski definition) is 3. The van der Waals surface area contributed by atoms with Crippen LogP contribution in [-0.4, -0.2) is 41.5 Å². The molecule has 0 aromatic carbocycles.